The van der Waals surface area contributed by atoms with E-state index in [2.05, 4.69) is 20.6 Å². The molecule has 5 aromatic rings. The number of carbonyl (C=O) groups is 2. The highest BCUT2D eigenvalue weighted by Crippen LogP contribution is 2.35. The summed E-state index contributed by atoms with van der Waals surface area (Å²) < 4.78 is 29.6. The van der Waals surface area contributed by atoms with E-state index >= 15 is 0 Å². The number of halogens is 2. The maximum Gasteiger partial charge on any atom is 0.254 e. The first kappa shape index (κ1) is 29.4. The molecule has 222 valence electrons. The van der Waals surface area contributed by atoms with E-state index in [9.17, 15) is 18.4 Å². The van der Waals surface area contributed by atoms with Crippen LogP contribution < -0.4 is 5.32 Å². The van der Waals surface area contributed by atoms with Gasteiger partial charge in [-0.15, -0.1) is 21.5 Å². The number of carbonyl (C=O) groups excluding carboxylic acids is 2. The summed E-state index contributed by atoms with van der Waals surface area (Å²) in [6.45, 7) is 0.409. The third-order valence-corrected chi connectivity index (χ3v) is 8.92. The Balaban J connectivity index is 1.21. The number of benzene rings is 3. The molecule has 0 saturated carbocycles. The number of amides is 2. The lowest BCUT2D eigenvalue weighted by Crippen LogP contribution is -2.28. The van der Waals surface area contributed by atoms with Crippen LogP contribution in [0, 0.1) is 11.6 Å². The maximum atomic E-state index is 14.1. The molecule has 0 bridgehead atoms. The van der Waals surface area contributed by atoms with Gasteiger partial charge < -0.3 is 9.88 Å². The van der Waals surface area contributed by atoms with Crippen LogP contribution in [0.5, 0.6) is 0 Å². The first-order valence-electron chi connectivity index (χ1n) is 13.8. The van der Waals surface area contributed by atoms with Crippen molar-refractivity contribution in [2.24, 2.45) is 5.10 Å². The summed E-state index contributed by atoms with van der Waals surface area (Å²) >= 11 is 2.76. The largest absolute Gasteiger partial charge is 0.345 e. The second-order valence-electron chi connectivity index (χ2n) is 9.96. The Morgan fingerprint density at radius 1 is 0.932 bits per heavy atom. The Kier molecular flexibility index (Phi) is 8.89. The summed E-state index contributed by atoms with van der Waals surface area (Å²) in [5, 5.41) is 19.9. The van der Waals surface area contributed by atoms with Crippen LogP contribution in [0.1, 0.15) is 44.6 Å². The summed E-state index contributed by atoms with van der Waals surface area (Å²) in [5.74, 6) is -1.29. The van der Waals surface area contributed by atoms with Gasteiger partial charge in [0.25, 0.3) is 11.8 Å². The second kappa shape index (κ2) is 13.3. The highest BCUT2D eigenvalue weighted by molar-refractivity contribution is 7.99. The molecule has 12 heteroatoms. The average Bonchev–Trinajstić information content (AvgIpc) is 3.81. The molecule has 6 rings (SSSR count). The Hall–Kier alpha value is -4.68. The third kappa shape index (κ3) is 6.61. The maximum absolute atomic E-state index is 14.1. The predicted molar refractivity (Wildman–Crippen MR) is 165 cm³/mol. The summed E-state index contributed by atoms with van der Waals surface area (Å²) in [4.78, 5) is 27.3. The predicted octanol–water partition coefficient (Wildman–Crippen LogP) is 6.07. The van der Waals surface area contributed by atoms with Crippen molar-refractivity contribution in [3.63, 3.8) is 0 Å². The van der Waals surface area contributed by atoms with Crippen molar-refractivity contribution < 1.29 is 18.4 Å². The lowest BCUT2D eigenvalue weighted by atomic mass is 10.0. The van der Waals surface area contributed by atoms with E-state index in [-0.39, 0.29) is 35.6 Å². The minimum Gasteiger partial charge on any atom is -0.345 e. The van der Waals surface area contributed by atoms with E-state index in [1.807, 2.05) is 52.4 Å². The molecule has 1 aliphatic rings. The van der Waals surface area contributed by atoms with Crippen LogP contribution in [-0.4, -0.2) is 43.1 Å². The highest BCUT2D eigenvalue weighted by atomic mass is 32.2. The normalized spacial score (nSPS) is 14.5. The van der Waals surface area contributed by atoms with Crippen molar-refractivity contribution >= 4 is 40.6 Å². The van der Waals surface area contributed by atoms with Crippen LogP contribution in [0.4, 0.5) is 8.78 Å². The molecule has 1 aliphatic heterocycles. The molecule has 0 spiro atoms. The summed E-state index contributed by atoms with van der Waals surface area (Å²) in [6.07, 6.45) is 0.512. The Morgan fingerprint density at radius 2 is 1.70 bits per heavy atom. The van der Waals surface area contributed by atoms with Crippen LogP contribution in [0.3, 0.4) is 0 Å². The lowest BCUT2D eigenvalue weighted by molar-refractivity contribution is -0.130. The second-order valence-corrected chi connectivity index (χ2v) is 11.8. The number of rotatable bonds is 10. The number of hydrazone groups is 1. The average molecular weight is 629 g/mol. The highest BCUT2D eigenvalue weighted by Gasteiger charge is 2.33. The Morgan fingerprint density at radius 3 is 2.45 bits per heavy atom. The van der Waals surface area contributed by atoms with E-state index in [1.54, 1.807) is 29.5 Å². The molecule has 2 aromatic heterocycles. The molecule has 2 amide bonds. The van der Waals surface area contributed by atoms with Crippen molar-refractivity contribution in [3.05, 3.63) is 135 Å². The van der Waals surface area contributed by atoms with E-state index in [4.69, 9.17) is 0 Å². The molecule has 8 nitrogen and oxygen atoms in total. The van der Waals surface area contributed by atoms with Crippen molar-refractivity contribution in [1.29, 1.82) is 0 Å². The topological polar surface area (TPSA) is 92.5 Å². The molecule has 3 aromatic carbocycles. The van der Waals surface area contributed by atoms with Crippen LogP contribution >= 0.6 is 23.1 Å². The van der Waals surface area contributed by atoms with Gasteiger partial charge in [0, 0.05) is 6.42 Å². The molecular formula is C32H26F2N6O2S2. The number of hydrogen-bond acceptors (Lipinski definition) is 7. The number of hydrogen-bond donors (Lipinski definition) is 1. The third-order valence-electron chi connectivity index (χ3n) is 7.05. The van der Waals surface area contributed by atoms with Gasteiger partial charge in [0.15, 0.2) is 11.0 Å². The number of aromatic nitrogens is 3. The standard InChI is InChI=1S/C32H26F2N6O2S2/c33-23-14-12-22(13-15-23)27-17-26(28-11-6-16-43-28)38-40(27)30(41)20-44-32-37-36-29(39(32)19-21-7-2-1-3-8-21)18-35-31(42)24-9-4-5-10-25(24)34/h1-16,27H,17-20H2,(H,35,42)/t27-/m1/s1. The zero-order valence-electron chi connectivity index (χ0n) is 23.3. The molecule has 44 heavy (non-hydrogen) atoms. The van der Waals surface area contributed by atoms with Crippen LogP contribution in [0.2, 0.25) is 0 Å². The van der Waals surface area contributed by atoms with Crippen LogP contribution in [-0.2, 0) is 17.9 Å². The van der Waals surface area contributed by atoms with Crippen molar-refractivity contribution in [3.8, 4) is 0 Å². The lowest BCUT2D eigenvalue weighted by Gasteiger charge is -2.22. The van der Waals surface area contributed by atoms with Crippen LogP contribution in [0.25, 0.3) is 0 Å². The van der Waals surface area contributed by atoms with E-state index in [0.717, 1.165) is 21.7 Å². The van der Waals surface area contributed by atoms with Gasteiger partial charge >= 0.3 is 0 Å². The molecule has 0 radical (unpaired) electrons. The fraction of sp³-hybridized carbons (Fsp3) is 0.156. The van der Waals surface area contributed by atoms with Crippen molar-refractivity contribution in [1.82, 2.24) is 25.1 Å². The molecule has 0 aliphatic carbocycles. The van der Waals surface area contributed by atoms with Gasteiger partial charge in [0.2, 0.25) is 0 Å². The number of nitrogens with one attached hydrogen (secondary N) is 1. The number of thioether (sulfide) groups is 1. The summed E-state index contributed by atoms with van der Waals surface area (Å²) in [6, 6.07) is 25.1. The van der Waals surface area contributed by atoms with Gasteiger partial charge in [0.05, 0.1) is 41.0 Å². The van der Waals surface area contributed by atoms with Crippen molar-refractivity contribution in [2.75, 3.05) is 5.75 Å². The fourth-order valence-corrected chi connectivity index (χ4v) is 6.38. The zero-order chi connectivity index (χ0) is 30.5. The van der Waals surface area contributed by atoms with Gasteiger partial charge in [-0.3, -0.25) is 9.59 Å². The zero-order valence-corrected chi connectivity index (χ0v) is 24.9. The smallest absolute Gasteiger partial charge is 0.254 e. The Bertz CT molecular complexity index is 1790. The van der Waals surface area contributed by atoms with Crippen molar-refractivity contribution in [2.45, 2.75) is 30.7 Å². The molecule has 1 N–H and O–H groups in total. The summed E-state index contributed by atoms with van der Waals surface area (Å²) in [7, 11) is 0. The first-order valence-corrected chi connectivity index (χ1v) is 15.6. The minimum absolute atomic E-state index is 0.00867. The number of thiophene rings is 1. The van der Waals surface area contributed by atoms with Gasteiger partial charge in [-0.05, 0) is 46.8 Å². The first-order chi connectivity index (χ1) is 21.5. The van der Waals surface area contributed by atoms with Gasteiger partial charge in [-0.25, -0.2) is 13.8 Å². The monoisotopic (exact) mass is 628 g/mol. The molecule has 0 saturated heterocycles. The Labute approximate surface area is 260 Å². The number of nitrogens with zero attached hydrogens (tertiary/aromatic N) is 5. The minimum atomic E-state index is -0.615. The molecular weight excluding hydrogens is 603 g/mol. The van der Waals surface area contributed by atoms with Gasteiger partial charge in [-0.2, -0.15) is 5.10 Å². The molecule has 0 unspecified atom stereocenters. The van der Waals surface area contributed by atoms with Crippen LogP contribution in [0.15, 0.2) is 107 Å². The molecule has 0 fully saturated rings. The molecule has 3 heterocycles. The van der Waals surface area contributed by atoms with E-state index in [0.29, 0.717) is 23.9 Å². The van der Waals surface area contributed by atoms with E-state index in [1.165, 1.54) is 47.1 Å². The fourth-order valence-electron chi connectivity index (χ4n) is 4.85. The SMILES string of the molecule is O=C(NCc1nnc(SCC(=O)N2N=C(c3cccs3)C[C@@H]2c2ccc(F)cc2)n1Cc1ccccc1)c1ccccc1F. The quantitative estimate of drug-likeness (QED) is 0.190. The summed E-state index contributed by atoms with van der Waals surface area (Å²) in [5.41, 5.74) is 2.50. The molecule has 1 atom stereocenters. The van der Waals surface area contributed by atoms with Gasteiger partial charge in [0.1, 0.15) is 11.6 Å². The van der Waals surface area contributed by atoms with E-state index < -0.39 is 11.7 Å². The van der Waals surface area contributed by atoms with Gasteiger partial charge in [-0.1, -0.05) is 72.4 Å².